The van der Waals surface area contributed by atoms with Gasteiger partial charge in [-0.1, -0.05) is 12.1 Å². The minimum atomic E-state index is -0.836. The molecule has 0 bridgehead atoms. The average molecular weight is 395 g/mol. The Hall–Kier alpha value is -3.22. The Bertz CT molecular complexity index is 1120. The number of imidazole rings is 1. The molecule has 150 valence electrons. The second kappa shape index (κ2) is 7.31. The molecular formula is C22H22FN3O3. The molecule has 0 aliphatic heterocycles. The number of anilines is 1. The first-order valence-corrected chi connectivity index (χ1v) is 9.60. The fraction of sp³-hybridized carbons (Fsp3) is 0.318. The number of rotatable bonds is 4. The number of aliphatic carboxylic acids is 1. The van der Waals surface area contributed by atoms with Crippen LogP contribution < -0.4 is 5.32 Å². The Balaban J connectivity index is 1.61. The van der Waals surface area contributed by atoms with Gasteiger partial charge in [0.25, 0.3) is 0 Å². The van der Waals surface area contributed by atoms with Crippen LogP contribution in [0.4, 0.5) is 10.1 Å². The molecule has 2 atom stereocenters. The van der Waals surface area contributed by atoms with E-state index < -0.39 is 11.9 Å². The van der Waals surface area contributed by atoms with Gasteiger partial charge < -0.3 is 15.0 Å². The summed E-state index contributed by atoms with van der Waals surface area (Å²) in [5, 5.41) is 12.1. The molecule has 1 aliphatic carbocycles. The van der Waals surface area contributed by atoms with Gasteiger partial charge in [0.15, 0.2) is 0 Å². The highest BCUT2D eigenvalue weighted by Gasteiger charge is 2.34. The maximum absolute atomic E-state index is 13.5. The summed E-state index contributed by atoms with van der Waals surface area (Å²) in [7, 11) is 1.87. The molecule has 0 spiro atoms. The quantitative estimate of drug-likeness (QED) is 0.696. The van der Waals surface area contributed by atoms with E-state index in [0.29, 0.717) is 36.3 Å². The summed E-state index contributed by atoms with van der Waals surface area (Å²) in [6.07, 6.45) is 1.48. The van der Waals surface area contributed by atoms with Crippen molar-refractivity contribution in [2.75, 3.05) is 5.32 Å². The summed E-state index contributed by atoms with van der Waals surface area (Å²) in [5.74, 6) is -1.39. The van der Waals surface area contributed by atoms with Crippen LogP contribution in [0.2, 0.25) is 0 Å². The van der Waals surface area contributed by atoms with Gasteiger partial charge in [-0.2, -0.15) is 0 Å². The number of aryl methyl sites for hydroxylation is 2. The van der Waals surface area contributed by atoms with E-state index in [2.05, 4.69) is 10.3 Å². The van der Waals surface area contributed by atoms with Gasteiger partial charge in [-0.25, -0.2) is 9.37 Å². The summed E-state index contributed by atoms with van der Waals surface area (Å²) in [6.45, 7) is 1.90. The first kappa shape index (κ1) is 19.1. The topological polar surface area (TPSA) is 84.2 Å². The number of carboxylic acids is 1. The van der Waals surface area contributed by atoms with E-state index in [1.54, 1.807) is 6.07 Å². The predicted octanol–water partition coefficient (Wildman–Crippen LogP) is 4.13. The van der Waals surface area contributed by atoms with Gasteiger partial charge in [-0.05, 0) is 49.9 Å². The van der Waals surface area contributed by atoms with Crippen molar-refractivity contribution < 1.29 is 19.1 Å². The van der Waals surface area contributed by atoms with Gasteiger partial charge in [-0.3, -0.25) is 9.59 Å². The van der Waals surface area contributed by atoms with Crippen LogP contribution in [0.1, 0.15) is 24.8 Å². The summed E-state index contributed by atoms with van der Waals surface area (Å²) < 4.78 is 15.4. The summed E-state index contributed by atoms with van der Waals surface area (Å²) in [6, 6.07) is 10.2. The van der Waals surface area contributed by atoms with E-state index in [1.807, 2.05) is 36.7 Å². The molecule has 2 aromatic carbocycles. The number of halogens is 1. The van der Waals surface area contributed by atoms with Gasteiger partial charge >= 0.3 is 5.97 Å². The normalized spacial score (nSPS) is 18.9. The van der Waals surface area contributed by atoms with Crippen molar-refractivity contribution in [3.8, 4) is 11.4 Å². The zero-order valence-corrected chi connectivity index (χ0v) is 16.3. The lowest BCUT2D eigenvalue weighted by Crippen LogP contribution is -2.22. The zero-order chi connectivity index (χ0) is 20.7. The Kier molecular flexibility index (Phi) is 4.82. The highest BCUT2D eigenvalue weighted by atomic mass is 19.1. The lowest BCUT2D eigenvalue weighted by atomic mass is 10.0. The molecule has 1 heterocycles. The second-order valence-corrected chi connectivity index (χ2v) is 7.69. The Morgan fingerprint density at radius 2 is 1.93 bits per heavy atom. The van der Waals surface area contributed by atoms with E-state index in [9.17, 15) is 14.0 Å². The molecule has 1 saturated carbocycles. The van der Waals surface area contributed by atoms with E-state index in [4.69, 9.17) is 5.11 Å². The molecule has 3 aromatic rings. The molecule has 7 heteroatoms. The molecular weight excluding hydrogens is 373 g/mol. The monoisotopic (exact) mass is 395 g/mol. The third-order valence-electron chi connectivity index (χ3n) is 5.75. The van der Waals surface area contributed by atoms with Crippen molar-refractivity contribution in [1.82, 2.24) is 9.55 Å². The number of amides is 1. The lowest BCUT2D eigenvalue weighted by molar-refractivity contribution is -0.141. The predicted molar refractivity (Wildman–Crippen MR) is 108 cm³/mol. The van der Waals surface area contributed by atoms with Crippen LogP contribution >= 0.6 is 0 Å². The van der Waals surface area contributed by atoms with E-state index >= 15 is 0 Å². The average Bonchev–Trinajstić information content (AvgIpc) is 3.29. The van der Waals surface area contributed by atoms with E-state index in [0.717, 1.165) is 16.6 Å². The number of aromatic nitrogens is 2. The third-order valence-corrected chi connectivity index (χ3v) is 5.75. The Morgan fingerprint density at radius 3 is 2.66 bits per heavy atom. The first-order chi connectivity index (χ1) is 13.8. The number of carbonyl (C=O) groups is 2. The number of hydrogen-bond donors (Lipinski definition) is 2. The maximum atomic E-state index is 13.5. The molecule has 0 unspecified atom stereocenters. The van der Waals surface area contributed by atoms with Gasteiger partial charge in [0.2, 0.25) is 5.91 Å². The first-order valence-electron chi connectivity index (χ1n) is 9.60. The van der Waals surface area contributed by atoms with E-state index in [-0.39, 0.29) is 17.6 Å². The van der Waals surface area contributed by atoms with Crippen molar-refractivity contribution in [2.45, 2.75) is 26.2 Å². The van der Waals surface area contributed by atoms with Crippen LogP contribution in [-0.4, -0.2) is 26.5 Å². The van der Waals surface area contributed by atoms with Crippen LogP contribution in [-0.2, 0) is 16.6 Å². The van der Waals surface area contributed by atoms with Crippen LogP contribution in [0.5, 0.6) is 0 Å². The van der Waals surface area contributed by atoms with Crippen LogP contribution in [0.3, 0.4) is 0 Å². The SMILES string of the molecule is Cc1ccc(-c2nc3cc(F)ccc3n2C)cc1NC(=O)[C@@H]1CC[C@H](C(=O)O)C1. The van der Waals surface area contributed by atoms with Crippen molar-refractivity contribution in [1.29, 1.82) is 0 Å². The van der Waals surface area contributed by atoms with Gasteiger partial charge in [0, 0.05) is 30.3 Å². The Labute approximate surface area is 167 Å². The molecule has 29 heavy (non-hydrogen) atoms. The highest BCUT2D eigenvalue weighted by Crippen LogP contribution is 2.33. The smallest absolute Gasteiger partial charge is 0.306 e. The van der Waals surface area contributed by atoms with Crippen LogP contribution in [0, 0.1) is 24.6 Å². The summed E-state index contributed by atoms with van der Waals surface area (Å²) in [5.41, 5.74) is 3.77. The molecule has 0 saturated heterocycles. The van der Waals surface area contributed by atoms with Crippen molar-refractivity contribution >= 4 is 28.6 Å². The van der Waals surface area contributed by atoms with Gasteiger partial charge in [-0.15, -0.1) is 0 Å². The third kappa shape index (κ3) is 3.60. The molecule has 6 nitrogen and oxygen atoms in total. The fourth-order valence-corrected chi connectivity index (χ4v) is 4.01. The summed E-state index contributed by atoms with van der Waals surface area (Å²) in [4.78, 5) is 28.4. The van der Waals surface area contributed by atoms with Gasteiger partial charge in [0.1, 0.15) is 11.6 Å². The molecule has 1 fully saturated rings. The number of nitrogens with one attached hydrogen (secondary N) is 1. The zero-order valence-electron chi connectivity index (χ0n) is 16.3. The lowest BCUT2D eigenvalue weighted by Gasteiger charge is -2.14. The second-order valence-electron chi connectivity index (χ2n) is 7.69. The molecule has 1 aromatic heterocycles. The van der Waals surface area contributed by atoms with Crippen LogP contribution in [0.15, 0.2) is 36.4 Å². The standard InChI is InChI=1S/C22H22FN3O3/c1-12-3-4-13(20-24-18-11-16(23)7-8-19(18)26(20)2)10-17(12)25-21(27)14-5-6-15(9-14)22(28)29/h3-4,7-8,10-11,14-15H,5-6,9H2,1-2H3,(H,25,27)(H,28,29)/t14-,15+/m1/s1. The number of hydrogen-bond acceptors (Lipinski definition) is 3. The van der Waals surface area contributed by atoms with Crippen molar-refractivity contribution in [2.24, 2.45) is 18.9 Å². The Morgan fingerprint density at radius 1 is 1.17 bits per heavy atom. The minimum Gasteiger partial charge on any atom is -0.481 e. The number of nitrogens with zero attached hydrogens (tertiary/aromatic N) is 2. The summed E-state index contributed by atoms with van der Waals surface area (Å²) >= 11 is 0. The van der Waals surface area contributed by atoms with Crippen LogP contribution in [0.25, 0.3) is 22.4 Å². The molecule has 1 amide bonds. The number of carbonyl (C=O) groups excluding carboxylic acids is 1. The number of carboxylic acid groups (broad SMARTS) is 1. The maximum Gasteiger partial charge on any atom is 0.306 e. The van der Waals surface area contributed by atoms with Crippen molar-refractivity contribution in [3.05, 3.63) is 47.8 Å². The molecule has 4 rings (SSSR count). The largest absolute Gasteiger partial charge is 0.481 e. The van der Waals surface area contributed by atoms with E-state index in [1.165, 1.54) is 12.1 Å². The number of fused-ring (bicyclic) bond motifs is 1. The fourth-order valence-electron chi connectivity index (χ4n) is 4.01. The molecule has 0 radical (unpaired) electrons. The van der Waals surface area contributed by atoms with Gasteiger partial charge in [0.05, 0.1) is 17.0 Å². The highest BCUT2D eigenvalue weighted by molar-refractivity contribution is 5.94. The minimum absolute atomic E-state index is 0.152. The van der Waals surface area contributed by atoms with Crippen molar-refractivity contribution in [3.63, 3.8) is 0 Å². The molecule has 1 aliphatic rings. The molecule has 2 N–H and O–H groups in total. The number of benzene rings is 2.